The molecule has 2 heterocycles. The number of benzene rings is 1. The number of rotatable bonds is 1. The van der Waals surface area contributed by atoms with Crippen LogP contribution < -0.4 is 15.1 Å². The lowest BCUT2D eigenvalue weighted by atomic mass is 10.1. The van der Waals surface area contributed by atoms with E-state index in [0.29, 0.717) is 34.5 Å². The van der Waals surface area contributed by atoms with Gasteiger partial charge in [0.1, 0.15) is 12.3 Å². The molecule has 1 aromatic carbocycles. The average molecular weight is 365 g/mol. The van der Waals surface area contributed by atoms with E-state index in [2.05, 4.69) is 0 Å². The molecule has 0 saturated carbocycles. The fourth-order valence-corrected chi connectivity index (χ4v) is 2.77. The van der Waals surface area contributed by atoms with E-state index in [9.17, 15) is 9.18 Å². The third-order valence-electron chi connectivity index (χ3n) is 3.77. The van der Waals surface area contributed by atoms with Gasteiger partial charge in [-0.05, 0) is 41.1 Å². The van der Waals surface area contributed by atoms with Crippen LogP contribution in [-0.2, 0) is 0 Å². The van der Waals surface area contributed by atoms with E-state index < -0.39 is 5.82 Å². The highest BCUT2D eigenvalue weighted by molar-refractivity contribution is 5.92. The van der Waals surface area contributed by atoms with Crippen molar-refractivity contribution in [3.05, 3.63) is 33.9 Å². The summed E-state index contributed by atoms with van der Waals surface area (Å²) >= 11 is 0. The number of hydrogen-bond acceptors (Lipinski definition) is 4. The lowest BCUT2D eigenvalue weighted by Gasteiger charge is -2.30. The molecule has 1 aliphatic rings. The first-order valence-electron chi connectivity index (χ1n) is 8.94. The normalized spacial score (nSPS) is 14.8. The molecule has 0 amide bonds. The Morgan fingerprint density at radius 2 is 1.73 bits per heavy atom. The molecule has 0 aliphatic carbocycles. The Morgan fingerprint density at radius 3 is 2.23 bits per heavy atom. The summed E-state index contributed by atoms with van der Waals surface area (Å²) in [5.74, 6) is 0.0292. The van der Waals surface area contributed by atoms with Gasteiger partial charge in [-0.15, -0.1) is 0 Å². The Morgan fingerprint density at radius 1 is 1.19 bits per heavy atom. The number of nitrogens with zero attached hydrogens (tertiary/aromatic N) is 3. The molecule has 0 saturated heterocycles. The summed E-state index contributed by atoms with van der Waals surface area (Å²) in [6.45, 7) is 8.24. The summed E-state index contributed by atoms with van der Waals surface area (Å²) in [5, 5.41) is 0.384. The zero-order chi connectivity index (χ0) is 20.2. The lowest BCUT2D eigenvalue weighted by Crippen LogP contribution is -2.26. The second-order valence-electron chi connectivity index (χ2n) is 6.88. The van der Waals surface area contributed by atoms with Crippen molar-refractivity contribution in [1.29, 1.82) is 0 Å². The van der Waals surface area contributed by atoms with E-state index in [1.165, 1.54) is 6.07 Å². The first-order valence-corrected chi connectivity index (χ1v) is 8.94. The molecule has 2 aromatic rings. The molecule has 5 nitrogen and oxygen atoms in total. The smallest absolute Gasteiger partial charge is 0.192 e. The summed E-state index contributed by atoms with van der Waals surface area (Å²) in [7, 11) is 9.53. The molecule has 3 rings (SSSR count). The molecular weight excluding hydrogens is 333 g/mol. The Bertz CT molecular complexity index is 810. The van der Waals surface area contributed by atoms with Crippen LogP contribution in [0.3, 0.4) is 0 Å². The molecule has 0 fully saturated rings. The van der Waals surface area contributed by atoms with E-state index in [0.717, 1.165) is 0 Å². The highest BCUT2D eigenvalue weighted by Crippen LogP contribution is 2.40. The van der Waals surface area contributed by atoms with Gasteiger partial charge in [-0.3, -0.25) is 4.79 Å². The molecule has 0 bridgehead atoms. The SMILES string of the molecule is CC.CN(C)C.Cc1cn2c3c(c(N(C)C)c(F)cc3c1=O)OCC2C. The Labute approximate surface area is 156 Å². The zero-order valence-electron chi connectivity index (χ0n) is 17.5. The van der Waals surface area contributed by atoms with E-state index in [-0.39, 0.29) is 11.5 Å². The van der Waals surface area contributed by atoms with Gasteiger partial charge in [0.2, 0.25) is 0 Å². The number of halogens is 1. The summed E-state index contributed by atoms with van der Waals surface area (Å²) in [6, 6.07) is 1.44. The van der Waals surface area contributed by atoms with Crippen molar-refractivity contribution in [2.24, 2.45) is 0 Å². The quantitative estimate of drug-likeness (QED) is 0.773. The molecule has 146 valence electrons. The highest BCUT2D eigenvalue weighted by atomic mass is 19.1. The van der Waals surface area contributed by atoms with Crippen LogP contribution in [-0.4, -0.2) is 51.3 Å². The van der Waals surface area contributed by atoms with Gasteiger partial charge in [-0.1, -0.05) is 13.8 Å². The summed E-state index contributed by atoms with van der Waals surface area (Å²) in [5.41, 5.74) is 1.56. The maximum absolute atomic E-state index is 14.3. The van der Waals surface area contributed by atoms with Crippen LogP contribution >= 0.6 is 0 Å². The van der Waals surface area contributed by atoms with Gasteiger partial charge in [-0.2, -0.15) is 0 Å². The van der Waals surface area contributed by atoms with Crippen LogP contribution in [0.1, 0.15) is 32.4 Å². The molecule has 6 heteroatoms. The third-order valence-corrected chi connectivity index (χ3v) is 3.77. The van der Waals surface area contributed by atoms with Gasteiger partial charge in [0.25, 0.3) is 0 Å². The molecule has 0 N–H and O–H groups in total. The summed E-state index contributed by atoms with van der Waals surface area (Å²) < 4.78 is 22.1. The van der Waals surface area contributed by atoms with Crippen molar-refractivity contribution >= 4 is 16.6 Å². The number of aromatic nitrogens is 1. The standard InChI is InChI=1S/C15H17FN2O2.C3H9N.C2H6/c1-8-6-18-9(2)7-20-15-12(18)10(14(8)19)5-11(16)13(15)17(3)4;1-4(2)3;1-2/h5-6,9H,7H2,1-4H3;1-3H3;1-2H3. The van der Waals surface area contributed by atoms with Crippen LogP contribution in [0.5, 0.6) is 5.75 Å². The van der Waals surface area contributed by atoms with Crippen molar-refractivity contribution in [2.45, 2.75) is 33.7 Å². The second-order valence-corrected chi connectivity index (χ2v) is 6.88. The predicted molar refractivity (Wildman–Crippen MR) is 108 cm³/mol. The monoisotopic (exact) mass is 365 g/mol. The molecule has 0 radical (unpaired) electrons. The Kier molecular flexibility index (Phi) is 7.63. The van der Waals surface area contributed by atoms with E-state index in [1.54, 1.807) is 25.9 Å². The van der Waals surface area contributed by atoms with Crippen LogP contribution in [0.2, 0.25) is 0 Å². The second kappa shape index (κ2) is 9.03. The molecular formula is C20H32FN3O2. The molecule has 1 unspecified atom stereocenters. The van der Waals surface area contributed by atoms with E-state index in [1.807, 2.05) is 57.6 Å². The van der Waals surface area contributed by atoms with E-state index >= 15 is 0 Å². The topological polar surface area (TPSA) is 37.7 Å². The molecule has 26 heavy (non-hydrogen) atoms. The van der Waals surface area contributed by atoms with Crippen molar-refractivity contribution in [3.8, 4) is 5.75 Å². The molecule has 1 aromatic heterocycles. The number of aryl methyl sites for hydroxylation is 1. The minimum absolute atomic E-state index is 0.116. The van der Waals surface area contributed by atoms with Crippen LogP contribution in [0.4, 0.5) is 10.1 Å². The number of anilines is 1. The third kappa shape index (κ3) is 4.36. The van der Waals surface area contributed by atoms with Gasteiger partial charge in [0.05, 0.1) is 16.9 Å². The van der Waals surface area contributed by atoms with Crippen LogP contribution in [0, 0.1) is 12.7 Å². The number of hydrogen-bond donors (Lipinski definition) is 0. The first kappa shape index (κ1) is 22.0. The van der Waals surface area contributed by atoms with Crippen molar-refractivity contribution in [3.63, 3.8) is 0 Å². The molecule has 0 spiro atoms. The average Bonchev–Trinajstić information content (AvgIpc) is 2.55. The fraction of sp³-hybridized carbons (Fsp3) is 0.550. The Balaban J connectivity index is 0.000000500. The largest absolute Gasteiger partial charge is 0.487 e. The van der Waals surface area contributed by atoms with Crippen LogP contribution in [0.15, 0.2) is 17.1 Å². The Hall–Kier alpha value is -2.08. The van der Waals surface area contributed by atoms with Gasteiger partial charge < -0.3 is 19.1 Å². The maximum atomic E-state index is 14.3. The van der Waals surface area contributed by atoms with Gasteiger partial charge in [-0.25, -0.2) is 4.39 Å². The number of ether oxygens (including phenoxy) is 1. The van der Waals surface area contributed by atoms with Gasteiger partial charge >= 0.3 is 0 Å². The minimum Gasteiger partial charge on any atom is -0.487 e. The zero-order valence-corrected chi connectivity index (χ0v) is 17.5. The molecule has 1 aliphatic heterocycles. The maximum Gasteiger partial charge on any atom is 0.192 e. The van der Waals surface area contributed by atoms with E-state index in [4.69, 9.17) is 4.74 Å². The minimum atomic E-state index is -0.429. The van der Waals surface area contributed by atoms with Crippen molar-refractivity contribution < 1.29 is 9.13 Å². The van der Waals surface area contributed by atoms with Gasteiger partial charge in [0.15, 0.2) is 17.0 Å². The molecule has 1 atom stereocenters. The number of pyridine rings is 1. The summed E-state index contributed by atoms with van der Waals surface area (Å²) in [6.07, 6.45) is 1.83. The van der Waals surface area contributed by atoms with Crippen molar-refractivity contribution in [2.75, 3.05) is 46.7 Å². The van der Waals surface area contributed by atoms with Crippen LogP contribution in [0.25, 0.3) is 10.9 Å². The first-order chi connectivity index (χ1) is 12.1. The van der Waals surface area contributed by atoms with Gasteiger partial charge in [0, 0.05) is 25.9 Å². The van der Waals surface area contributed by atoms with Crippen molar-refractivity contribution in [1.82, 2.24) is 9.47 Å². The lowest BCUT2D eigenvalue weighted by molar-refractivity contribution is 0.247. The highest BCUT2D eigenvalue weighted by Gasteiger charge is 2.26. The summed E-state index contributed by atoms with van der Waals surface area (Å²) in [4.78, 5) is 15.9. The predicted octanol–water partition coefficient (Wildman–Crippen LogP) is 3.67. The fourth-order valence-electron chi connectivity index (χ4n) is 2.77.